The highest BCUT2D eigenvalue weighted by Crippen LogP contribution is 2.37. The van der Waals surface area contributed by atoms with Gasteiger partial charge in [0, 0.05) is 0 Å². The van der Waals surface area contributed by atoms with Crippen LogP contribution >= 0.6 is 0 Å². The summed E-state index contributed by atoms with van der Waals surface area (Å²) in [5, 5.41) is 36.7. The largest absolute Gasteiger partial charge is 0.478 e. The molecule has 140 valence electrons. The second-order valence-corrected chi connectivity index (χ2v) is 5.16. The standard InChI is InChI=1S/C16H12N2O9/c17-11-7(15(23)24)4-9(10(12(11)18)16(25)26)27-8-3-5(13(19)20)1-2-6(8)14(21)22/h1-4H,17-18H2,(H,19,20)(H,21,22)(H,23,24)(H,25,26). The molecule has 0 unspecified atom stereocenters. The number of rotatable bonds is 6. The van der Waals surface area contributed by atoms with Gasteiger partial charge in [-0.05, 0) is 24.3 Å². The topological polar surface area (TPSA) is 210 Å². The quantitative estimate of drug-likeness (QED) is 0.397. The maximum Gasteiger partial charge on any atom is 0.341 e. The molecule has 27 heavy (non-hydrogen) atoms. The molecule has 0 bridgehead atoms. The van der Waals surface area contributed by atoms with Crippen LogP contribution in [0.3, 0.4) is 0 Å². The number of ether oxygens (including phenoxy) is 1. The van der Waals surface area contributed by atoms with E-state index in [1.54, 1.807) is 0 Å². The molecule has 0 aliphatic carbocycles. The van der Waals surface area contributed by atoms with Crippen LogP contribution in [-0.4, -0.2) is 44.3 Å². The Morgan fingerprint density at radius 2 is 1.30 bits per heavy atom. The summed E-state index contributed by atoms with van der Waals surface area (Å²) in [6.45, 7) is 0. The van der Waals surface area contributed by atoms with Crippen LogP contribution in [-0.2, 0) is 0 Å². The number of carboxylic acid groups (broad SMARTS) is 4. The maximum absolute atomic E-state index is 11.5. The van der Waals surface area contributed by atoms with Crippen LogP contribution in [0.5, 0.6) is 11.5 Å². The SMILES string of the molecule is Nc1c(C(=O)O)cc(Oc2cc(C(=O)O)ccc2C(=O)O)c(C(=O)O)c1N. The fourth-order valence-corrected chi connectivity index (χ4v) is 2.21. The Bertz CT molecular complexity index is 998. The minimum Gasteiger partial charge on any atom is -0.478 e. The molecule has 0 saturated carbocycles. The number of hydrogen-bond acceptors (Lipinski definition) is 7. The summed E-state index contributed by atoms with van der Waals surface area (Å²) in [4.78, 5) is 45.2. The molecule has 2 rings (SSSR count). The smallest absolute Gasteiger partial charge is 0.341 e. The summed E-state index contributed by atoms with van der Waals surface area (Å²) < 4.78 is 5.26. The highest BCUT2D eigenvalue weighted by molar-refractivity contribution is 6.06. The Kier molecular flexibility index (Phi) is 4.88. The normalized spacial score (nSPS) is 10.2. The monoisotopic (exact) mass is 376 g/mol. The molecule has 0 amide bonds. The number of nitrogens with two attached hydrogens (primary N) is 2. The second-order valence-electron chi connectivity index (χ2n) is 5.16. The molecule has 2 aromatic rings. The predicted molar refractivity (Wildman–Crippen MR) is 89.6 cm³/mol. The number of carbonyl (C=O) groups is 4. The summed E-state index contributed by atoms with van der Waals surface area (Å²) in [5.74, 6) is -7.16. The molecule has 0 aromatic heterocycles. The minimum atomic E-state index is -1.61. The molecule has 0 aliphatic heterocycles. The van der Waals surface area contributed by atoms with Crippen LogP contribution in [0.1, 0.15) is 41.4 Å². The van der Waals surface area contributed by atoms with E-state index >= 15 is 0 Å². The highest BCUT2D eigenvalue weighted by Gasteiger charge is 2.25. The van der Waals surface area contributed by atoms with E-state index in [1.807, 2.05) is 0 Å². The lowest BCUT2D eigenvalue weighted by atomic mass is 10.0. The number of hydrogen-bond donors (Lipinski definition) is 6. The summed E-state index contributed by atoms with van der Waals surface area (Å²) in [5.41, 5.74) is 7.93. The van der Waals surface area contributed by atoms with Gasteiger partial charge in [0.15, 0.2) is 0 Å². The molecule has 0 heterocycles. The zero-order valence-electron chi connectivity index (χ0n) is 13.3. The van der Waals surface area contributed by atoms with Crippen LogP contribution < -0.4 is 16.2 Å². The van der Waals surface area contributed by atoms with Crippen LogP contribution in [0.4, 0.5) is 11.4 Å². The van der Waals surface area contributed by atoms with Gasteiger partial charge >= 0.3 is 23.9 Å². The van der Waals surface area contributed by atoms with Crippen LogP contribution in [0.25, 0.3) is 0 Å². The number of anilines is 2. The molecular weight excluding hydrogens is 364 g/mol. The lowest BCUT2D eigenvalue weighted by molar-refractivity contribution is 0.0675. The number of nitrogen functional groups attached to an aromatic ring is 2. The lowest BCUT2D eigenvalue weighted by Gasteiger charge is -2.16. The van der Waals surface area contributed by atoms with Crippen molar-refractivity contribution in [2.45, 2.75) is 0 Å². The highest BCUT2D eigenvalue weighted by atomic mass is 16.5. The van der Waals surface area contributed by atoms with Gasteiger partial charge in [-0.25, -0.2) is 19.2 Å². The fraction of sp³-hybridized carbons (Fsp3) is 0. The van der Waals surface area contributed by atoms with E-state index in [4.69, 9.17) is 26.4 Å². The van der Waals surface area contributed by atoms with Crippen molar-refractivity contribution in [3.05, 3.63) is 46.5 Å². The van der Waals surface area contributed by atoms with E-state index < -0.39 is 63.4 Å². The van der Waals surface area contributed by atoms with Crippen LogP contribution in [0, 0.1) is 0 Å². The van der Waals surface area contributed by atoms with E-state index in [0.717, 1.165) is 24.3 Å². The van der Waals surface area contributed by atoms with Gasteiger partial charge in [0.25, 0.3) is 0 Å². The van der Waals surface area contributed by atoms with Crippen molar-refractivity contribution in [2.75, 3.05) is 11.5 Å². The zero-order chi connectivity index (χ0) is 20.5. The molecule has 11 heteroatoms. The molecule has 0 radical (unpaired) electrons. The molecule has 8 N–H and O–H groups in total. The Morgan fingerprint density at radius 3 is 1.78 bits per heavy atom. The Labute approximate surface area is 150 Å². The molecule has 0 aliphatic rings. The van der Waals surface area contributed by atoms with Crippen LogP contribution in [0.2, 0.25) is 0 Å². The third-order valence-corrected chi connectivity index (χ3v) is 3.49. The van der Waals surface area contributed by atoms with E-state index in [2.05, 4.69) is 0 Å². The van der Waals surface area contributed by atoms with Gasteiger partial charge in [-0.3, -0.25) is 0 Å². The molecule has 11 nitrogen and oxygen atoms in total. The van der Waals surface area contributed by atoms with E-state index in [0.29, 0.717) is 0 Å². The molecule has 0 spiro atoms. The third kappa shape index (κ3) is 3.56. The minimum absolute atomic E-state index is 0.339. The number of carboxylic acids is 4. The summed E-state index contributed by atoms with van der Waals surface area (Å²) in [6, 6.07) is 3.57. The van der Waals surface area contributed by atoms with Gasteiger partial charge in [0.05, 0.1) is 22.5 Å². The van der Waals surface area contributed by atoms with Gasteiger partial charge in [0.2, 0.25) is 0 Å². The molecule has 0 atom stereocenters. The van der Waals surface area contributed by atoms with E-state index in [-0.39, 0.29) is 5.56 Å². The Morgan fingerprint density at radius 1 is 0.704 bits per heavy atom. The first-order valence-corrected chi connectivity index (χ1v) is 7.01. The van der Waals surface area contributed by atoms with Gasteiger partial charge in [-0.1, -0.05) is 0 Å². The molecule has 0 fully saturated rings. The Balaban J connectivity index is 2.75. The van der Waals surface area contributed by atoms with Crippen molar-refractivity contribution in [2.24, 2.45) is 0 Å². The van der Waals surface area contributed by atoms with Gasteiger partial charge in [0.1, 0.15) is 22.6 Å². The third-order valence-electron chi connectivity index (χ3n) is 3.49. The van der Waals surface area contributed by atoms with E-state index in [9.17, 15) is 29.4 Å². The van der Waals surface area contributed by atoms with Gasteiger partial charge in [-0.15, -0.1) is 0 Å². The molecule has 0 saturated heterocycles. The molecular formula is C16H12N2O9. The lowest BCUT2D eigenvalue weighted by Crippen LogP contribution is -2.13. The predicted octanol–water partition coefficient (Wildman–Crippen LogP) is 1.44. The van der Waals surface area contributed by atoms with Crippen molar-refractivity contribution in [3.8, 4) is 11.5 Å². The van der Waals surface area contributed by atoms with Crippen molar-refractivity contribution < 1.29 is 44.3 Å². The molecule has 2 aromatic carbocycles. The fourth-order valence-electron chi connectivity index (χ4n) is 2.21. The average Bonchev–Trinajstić information content (AvgIpc) is 2.56. The van der Waals surface area contributed by atoms with E-state index in [1.165, 1.54) is 0 Å². The first-order valence-electron chi connectivity index (χ1n) is 7.01. The number of benzene rings is 2. The van der Waals surface area contributed by atoms with Crippen molar-refractivity contribution in [3.63, 3.8) is 0 Å². The summed E-state index contributed by atoms with van der Waals surface area (Å²) >= 11 is 0. The Hall–Kier alpha value is -4.28. The van der Waals surface area contributed by atoms with Crippen LogP contribution in [0.15, 0.2) is 24.3 Å². The van der Waals surface area contributed by atoms with Crippen molar-refractivity contribution in [1.82, 2.24) is 0 Å². The zero-order valence-corrected chi connectivity index (χ0v) is 13.3. The summed E-state index contributed by atoms with van der Waals surface area (Å²) in [7, 11) is 0. The first-order chi connectivity index (χ1) is 12.5. The van der Waals surface area contributed by atoms with Crippen molar-refractivity contribution >= 4 is 35.3 Å². The maximum atomic E-state index is 11.5. The second kappa shape index (κ2) is 6.92. The van der Waals surface area contributed by atoms with Gasteiger partial charge in [-0.2, -0.15) is 0 Å². The summed E-state index contributed by atoms with van der Waals surface area (Å²) in [6.07, 6.45) is 0. The van der Waals surface area contributed by atoms with Crippen molar-refractivity contribution in [1.29, 1.82) is 0 Å². The average molecular weight is 376 g/mol. The number of aromatic carboxylic acids is 4. The van der Waals surface area contributed by atoms with Gasteiger partial charge < -0.3 is 36.6 Å². The first kappa shape index (κ1) is 19.1.